The second-order valence-corrected chi connectivity index (χ2v) is 9.42. The van der Waals surface area contributed by atoms with Crippen LogP contribution >= 0.6 is 11.6 Å². The van der Waals surface area contributed by atoms with E-state index in [9.17, 15) is 9.59 Å². The van der Waals surface area contributed by atoms with Gasteiger partial charge in [-0.1, -0.05) is 71.3 Å². The smallest absolute Gasteiger partial charge is 0.338 e. The average Bonchev–Trinajstić information content (AvgIpc) is 2.93. The number of hydrogen-bond acceptors (Lipinski definition) is 5. The number of halogens is 1. The molecule has 38 heavy (non-hydrogen) atoms. The number of hydrogen-bond donors (Lipinski definition) is 1. The molecule has 0 aliphatic heterocycles. The van der Waals surface area contributed by atoms with Crippen LogP contribution in [0.25, 0.3) is 33.5 Å². The van der Waals surface area contributed by atoms with Crippen molar-refractivity contribution >= 4 is 40.2 Å². The van der Waals surface area contributed by atoms with Crippen LogP contribution in [0.2, 0.25) is 5.02 Å². The van der Waals surface area contributed by atoms with Gasteiger partial charge in [-0.25, -0.2) is 14.8 Å². The molecule has 0 aliphatic rings. The maximum absolute atomic E-state index is 12.7. The first-order valence-electron chi connectivity index (χ1n) is 12.0. The minimum absolute atomic E-state index is 0.282. The number of fused-ring (bicyclic) bond motifs is 1. The molecular weight excluding hydrogens is 498 g/mol. The van der Waals surface area contributed by atoms with Crippen LogP contribution in [0.3, 0.4) is 0 Å². The summed E-state index contributed by atoms with van der Waals surface area (Å²) in [4.78, 5) is 34.8. The number of ether oxygens (including phenoxy) is 1. The molecule has 1 aromatic heterocycles. The Hall–Kier alpha value is -4.55. The predicted molar refractivity (Wildman–Crippen MR) is 150 cm³/mol. The summed E-state index contributed by atoms with van der Waals surface area (Å²) in [7, 11) is 0. The van der Waals surface area contributed by atoms with E-state index in [1.54, 1.807) is 42.5 Å². The summed E-state index contributed by atoms with van der Waals surface area (Å²) >= 11 is 5.86. The normalized spacial score (nSPS) is 10.8. The number of carbonyl (C=O) groups is 2. The molecule has 0 atom stereocenters. The van der Waals surface area contributed by atoms with Crippen LogP contribution in [0.1, 0.15) is 21.5 Å². The Morgan fingerprint density at radius 2 is 1.29 bits per heavy atom. The van der Waals surface area contributed by atoms with Gasteiger partial charge in [0.1, 0.15) is 0 Å². The zero-order valence-corrected chi connectivity index (χ0v) is 21.6. The first kappa shape index (κ1) is 25.1. The fraction of sp³-hybridized carbons (Fsp3) is 0.0968. The Labute approximate surface area is 225 Å². The van der Waals surface area contributed by atoms with Crippen molar-refractivity contribution in [3.63, 3.8) is 0 Å². The number of amides is 1. The molecule has 1 N–H and O–H groups in total. The van der Waals surface area contributed by atoms with Crippen molar-refractivity contribution in [3.05, 3.63) is 113 Å². The van der Waals surface area contributed by atoms with Crippen LogP contribution in [-0.4, -0.2) is 28.5 Å². The van der Waals surface area contributed by atoms with Gasteiger partial charge in [0.25, 0.3) is 5.91 Å². The molecule has 5 rings (SSSR count). The molecule has 1 amide bonds. The molecule has 4 aromatic carbocycles. The van der Waals surface area contributed by atoms with Crippen LogP contribution in [0.15, 0.2) is 91.0 Å². The molecule has 6 nitrogen and oxygen atoms in total. The number of aromatic nitrogens is 2. The molecule has 0 fully saturated rings. The maximum atomic E-state index is 12.7. The van der Waals surface area contributed by atoms with E-state index < -0.39 is 18.5 Å². The van der Waals surface area contributed by atoms with Crippen molar-refractivity contribution in [1.82, 2.24) is 9.97 Å². The monoisotopic (exact) mass is 521 g/mol. The SMILES string of the molecule is Cc1ccc(-c2nc3ccc(C(=O)OCC(=O)Nc4ccc(Cl)cc4)cc3nc2-c2ccc(C)cc2)cc1. The number of nitrogens with one attached hydrogen (secondary N) is 1. The zero-order chi connectivity index (χ0) is 26.6. The van der Waals surface area contributed by atoms with Crippen molar-refractivity contribution in [2.75, 3.05) is 11.9 Å². The Morgan fingerprint density at radius 3 is 1.87 bits per heavy atom. The van der Waals surface area contributed by atoms with Crippen LogP contribution in [0, 0.1) is 13.8 Å². The third kappa shape index (κ3) is 5.71. The summed E-state index contributed by atoms with van der Waals surface area (Å²) in [6.07, 6.45) is 0. The number of esters is 1. The van der Waals surface area contributed by atoms with E-state index in [0.29, 0.717) is 27.4 Å². The molecule has 0 spiro atoms. The third-order valence-electron chi connectivity index (χ3n) is 6.01. The van der Waals surface area contributed by atoms with Crippen LogP contribution in [0.4, 0.5) is 5.69 Å². The van der Waals surface area contributed by atoms with Gasteiger partial charge in [-0.05, 0) is 56.3 Å². The lowest BCUT2D eigenvalue weighted by Crippen LogP contribution is -2.20. The number of nitrogens with zero attached hydrogens (tertiary/aromatic N) is 2. The van der Waals surface area contributed by atoms with Gasteiger partial charge in [0.05, 0.1) is 28.0 Å². The molecule has 0 bridgehead atoms. The number of aryl methyl sites for hydroxylation is 2. The van der Waals surface area contributed by atoms with E-state index >= 15 is 0 Å². The molecule has 0 aliphatic carbocycles. The lowest BCUT2D eigenvalue weighted by atomic mass is 10.0. The van der Waals surface area contributed by atoms with Crippen molar-refractivity contribution in [2.24, 2.45) is 0 Å². The lowest BCUT2D eigenvalue weighted by molar-refractivity contribution is -0.119. The van der Waals surface area contributed by atoms with E-state index in [4.69, 9.17) is 26.3 Å². The van der Waals surface area contributed by atoms with Crippen molar-refractivity contribution in [3.8, 4) is 22.5 Å². The van der Waals surface area contributed by atoms with E-state index in [0.717, 1.165) is 27.9 Å². The van der Waals surface area contributed by atoms with Gasteiger partial charge in [0.15, 0.2) is 6.61 Å². The van der Waals surface area contributed by atoms with Crippen molar-refractivity contribution < 1.29 is 14.3 Å². The molecule has 0 radical (unpaired) electrons. The van der Waals surface area contributed by atoms with Crippen LogP contribution in [-0.2, 0) is 9.53 Å². The lowest BCUT2D eigenvalue weighted by Gasteiger charge is -2.12. The summed E-state index contributed by atoms with van der Waals surface area (Å²) in [6.45, 7) is 3.65. The summed E-state index contributed by atoms with van der Waals surface area (Å²) in [6, 6.07) is 27.9. The quantitative estimate of drug-likeness (QED) is 0.243. The standard InChI is InChI=1S/C31H24ClN3O3/c1-19-3-7-21(8-4-19)29-30(22-9-5-20(2)6-10-22)35-27-17-23(11-16-26(27)34-29)31(37)38-18-28(36)33-25-14-12-24(32)13-15-25/h3-17H,18H2,1-2H3,(H,33,36). The first-order chi connectivity index (χ1) is 18.4. The summed E-state index contributed by atoms with van der Waals surface area (Å²) < 4.78 is 5.24. The zero-order valence-electron chi connectivity index (χ0n) is 20.9. The van der Waals surface area contributed by atoms with Gasteiger partial charge in [-0.3, -0.25) is 4.79 Å². The predicted octanol–water partition coefficient (Wildman–Crippen LogP) is 7.03. The molecule has 188 valence electrons. The molecular formula is C31H24ClN3O3. The Balaban J connectivity index is 1.42. The minimum atomic E-state index is -0.626. The third-order valence-corrected chi connectivity index (χ3v) is 6.26. The topological polar surface area (TPSA) is 81.2 Å². The van der Waals surface area contributed by atoms with Gasteiger partial charge in [0, 0.05) is 21.8 Å². The number of anilines is 1. The second-order valence-electron chi connectivity index (χ2n) is 8.99. The summed E-state index contributed by atoms with van der Waals surface area (Å²) in [5.74, 6) is -1.08. The number of benzene rings is 4. The van der Waals surface area contributed by atoms with Gasteiger partial charge in [-0.15, -0.1) is 0 Å². The second kappa shape index (κ2) is 10.8. The number of carbonyl (C=O) groups excluding carboxylic acids is 2. The van der Waals surface area contributed by atoms with E-state index in [1.165, 1.54) is 0 Å². The summed E-state index contributed by atoms with van der Waals surface area (Å²) in [5.41, 5.74) is 7.69. The van der Waals surface area contributed by atoms with Crippen LogP contribution in [0.5, 0.6) is 0 Å². The molecule has 0 saturated heterocycles. The average molecular weight is 522 g/mol. The Morgan fingerprint density at radius 1 is 0.737 bits per heavy atom. The maximum Gasteiger partial charge on any atom is 0.338 e. The van der Waals surface area contributed by atoms with Crippen LogP contribution < -0.4 is 5.32 Å². The van der Waals surface area contributed by atoms with Gasteiger partial charge < -0.3 is 10.1 Å². The molecule has 7 heteroatoms. The fourth-order valence-electron chi connectivity index (χ4n) is 3.95. The van der Waals surface area contributed by atoms with Gasteiger partial charge in [-0.2, -0.15) is 0 Å². The molecule has 1 heterocycles. The molecule has 0 unspecified atom stereocenters. The highest BCUT2D eigenvalue weighted by atomic mass is 35.5. The Bertz CT molecular complexity index is 1630. The highest BCUT2D eigenvalue weighted by Crippen LogP contribution is 2.31. The highest BCUT2D eigenvalue weighted by Gasteiger charge is 2.16. The fourth-order valence-corrected chi connectivity index (χ4v) is 4.08. The largest absolute Gasteiger partial charge is 0.452 e. The van der Waals surface area contributed by atoms with Crippen molar-refractivity contribution in [2.45, 2.75) is 13.8 Å². The minimum Gasteiger partial charge on any atom is -0.452 e. The number of rotatable bonds is 6. The molecule has 5 aromatic rings. The van der Waals surface area contributed by atoms with E-state index in [1.807, 2.05) is 62.4 Å². The Kier molecular flexibility index (Phi) is 7.15. The molecule has 0 saturated carbocycles. The first-order valence-corrected chi connectivity index (χ1v) is 12.4. The van der Waals surface area contributed by atoms with Crippen molar-refractivity contribution in [1.29, 1.82) is 0 Å². The van der Waals surface area contributed by atoms with E-state index in [2.05, 4.69) is 5.32 Å². The summed E-state index contributed by atoms with van der Waals surface area (Å²) in [5, 5.41) is 3.22. The van der Waals surface area contributed by atoms with Gasteiger partial charge in [0.2, 0.25) is 0 Å². The highest BCUT2D eigenvalue weighted by molar-refractivity contribution is 6.30. The van der Waals surface area contributed by atoms with Gasteiger partial charge >= 0.3 is 5.97 Å². The van der Waals surface area contributed by atoms with E-state index in [-0.39, 0.29) is 5.56 Å².